The highest BCUT2D eigenvalue weighted by Crippen LogP contribution is 2.50. The van der Waals surface area contributed by atoms with E-state index in [4.69, 9.17) is 10.5 Å². The molecule has 1 heterocycles. The Morgan fingerprint density at radius 3 is 2.67 bits per heavy atom. The van der Waals surface area contributed by atoms with Crippen molar-refractivity contribution in [2.45, 2.75) is 45.4 Å². The topological polar surface area (TPSA) is 35.2 Å². The van der Waals surface area contributed by atoms with Gasteiger partial charge in [-0.25, -0.2) is 0 Å². The Morgan fingerprint density at radius 2 is 2.00 bits per heavy atom. The third kappa shape index (κ3) is 2.21. The second-order valence-corrected chi connectivity index (χ2v) is 5.54. The minimum atomic E-state index is 0.593. The van der Waals surface area contributed by atoms with Crippen molar-refractivity contribution in [2.24, 2.45) is 23.0 Å². The number of nitrogens with two attached hydrogens (primary N) is 1. The van der Waals surface area contributed by atoms with E-state index < -0.39 is 0 Å². The summed E-state index contributed by atoms with van der Waals surface area (Å²) in [7, 11) is 0. The molecule has 2 rings (SSSR count). The fourth-order valence-electron chi connectivity index (χ4n) is 3.78. The quantitative estimate of drug-likeness (QED) is 0.762. The first kappa shape index (κ1) is 11.4. The van der Waals surface area contributed by atoms with E-state index in [-0.39, 0.29) is 0 Å². The summed E-state index contributed by atoms with van der Waals surface area (Å²) >= 11 is 0. The standard InChI is InChI=1S/C13H25NO/c1-11(10-14)12-4-2-3-5-13(12)6-8-15-9-7-13/h11-12H,2-10,14H2,1H3. The van der Waals surface area contributed by atoms with Crippen molar-refractivity contribution >= 4 is 0 Å². The van der Waals surface area contributed by atoms with Gasteiger partial charge < -0.3 is 10.5 Å². The van der Waals surface area contributed by atoms with Crippen molar-refractivity contribution in [3.63, 3.8) is 0 Å². The predicted octanol–water partition coefficient (Wildman–Crippen LogP) is 2.57. The minimum Gasteiger partial charge on any atom is -0.381 e. The smallest absolute Gasteiger partial charge is 0.0471 e. The molecule has 2 fully saturated rings. The van der Waals surface area contributed by atoms with Gasteiger partial charge in [-0.1, -0.05) is 19.8 Å². The molecule has 1 aliphatic heterocycles. The highest BCUT2D eigenvalue weighted by atomic mass is 16.5. The van der Waals surface area contributed by atoms with Gasteiger partial charge in [0.25, 0.3) is 0 Å². The van der Waals surface area contributed by atoms with Crippen LogP contribution in [0, 0.1) is 17.3 Å². The van der Waals surface area contributed by atoms with Crippen LogP contribution in [-0.4, -0.2) is 19.8 Å². The summed E-state index contributed by atoms with van der Waals surface area (Å²) in [5.41, 5.74) is 6.45. The molecule has 2 nitrogen and oxygen atoms in total. The second kappa shape index (κ2) is 4.84. The number of hydrogen-bond acceptors (Lipinski definition) is 2. The number of ether oxygens (including phenoxy) is 1. The van der Waals surface area contributed by atoms with Gasteiger partial charge >= 0.3 is 0 Å². The van der Waals surface area contributed by atoms with Gasteiger partial charge in [-0.05, 0) is 49.5 Å². The zero-order valence-electron chi connectivity index (χ0n) is 10.0. The van der Waals surface area contributed by atoms with Gasteiger partial charge in [-0.15, -0.1) is 0 Å². The lowest BCUT2D eigenvalue weighted by Crippen LogP contribution is -2.43. The lowest BCUT2D eigenvalue weighted by molar-refractivity contribution is -0.0545. The summed E-state index contributed by atoms with van der Waals surface area (Å²) in [4.78, 5) is 0. The molecule has 0 aromatic heterocycles. The number of rotatable bonds is 2. The highest BCUT2D eigenvalue weighted by Gasteiger charge is 2.43. The van der Waals surface area contributed by atoms with Gasteiger partial charge in [0.1, 0.15) is 0 Å². The third-order valence-electron chi connectivity index (χ3n) is 4.77. The summed E-state index contributed by atoms with van der Waals surface area (Å²) in [5, 5.41) is 0. The van der Waals surface area contributed by atoms with Crippen molar-refractivity contribution in [3.05, 3.63) is 0 Å². The van der Waals surface area contributed by atoms with Crippen molar-refractivity contribution in [1.29, 1.82) is 0 Å². The van der Waals surface area contributed by atoms with Crippen LogP contribution in [0.25, 0.3) is 0 Å². The molecule has 0 radical (unpaired) electrons. The Labute approximate surface area is 93.6 Å². The van der Waals surface area contributed by atoms with E-state index in [0.717, 1.165) is 25.7 Å². The van der Waals surface area contributed by atoms with Gasteiger partial charge in [0.15, 0.2) is 0 Å². The Kier molecular flexibility index (Phi) is 3.68. The van der Waals surface area contributed by atoms with E-state index in [0.29, 0.717) is 11.3 Å². The van der Waals surface area contributed by atoms with Crippen LogP contribution < -0.4 is 5.73 Å². The average molecular weight is 211 g/mol. The number of hydrogen-bond donors (Lipinski definition) is 1. The minimum absolute atomic E-state index is 0.593. The van der Waals surface area contributed by atoms with E-state index in [2.05, 4.69) is 6.92 Å². The normalized spacial score (nSPS) is 32.8. The van der Waals surface area contributed by atoms with Crippen LogP contribution in [0.15, 0.2) is 0 Å². The van der Waals surface area contributed by atoms with Crippen LogP contribution in [0.1, 0.15) is 45.4 Å². The maximum absolute atomic E-state index is 5.86. The highest BCUT2D eigenvalue weighted by molar-refractivity contribution is 4.93. The van der Waals surface area contributed by atoms with Crippen LogP contribution in [0.4, 0.5) is 0 Å². The second-order valence-electron chi connectivity index (χ2n) is 5.54. The van der Waals surface area contributed by atoms with E-state index in [1.54, 1.807) is 0 Å². The molecular formula is C13H25NO. The molecule has 0 amide bonds. The molecule has 2 N–H and O–H groups in total. The molecule has 1 saturated heterocycles. The van der Waals surface area contributed by atoms with Crippen LogP contribution in [-0.2, 0) is 4.74 Å². The fourth-order valence-corrected chi connectivity index (χ4v) is 3.78. The Morgan fingerprint density at radius 1 is 1.27 bits per heavy atom. The fraction of sp³-hybridized carbons (Fsp3) is 1.00. The van der Waals surface area contributed by atoms with Crippen LogP contribution in [0.5, 0.6) is 0 Å². The zero-order chi connectivity index (χ0) is 10.7. The summed E-state index contributed by atoms with van der Waals surface area (Å²) in [5.74, 6) is 1.56. The van der Waals surface area contributed by atoms with Crippen molar-refractivity contribution in [2.75, 3.05) is 19.8 Å². The van der Waals surface area contributed by atoms with Gasteiger partial charge in [-0.2, -0.15) is 0 Å². The molecule has 1 spiro atoms. The maximum Gasteiger partial charge on any atom is 0.0471 e. The first-order valence-corrected chi connectivity index (χ1v) is 6.56. The molecule has 1 aliphatic carbocycles. The molecular weight excluding hydrogens is 186 g/mol. The van der Waals surface area contributed by atoms with E-state index in [1.807, 2.05) is 0 Å². The van der Waals surface area contributed by atoms with E-state index >= 15 is 0 Å². The van der Waals surface area contributed by atoms with Crippen LogP contribution >= 0.6 is 0 Å². The predicted molar refractivity (Wildman–Crippen MR) is 62.7 cm³/mol. The summed E-state index contributed by atoms with van der Waals surface area (Å²) in [6.45, 7) is 5.15. The Bertz CT molecular complexity index is 190. The molecule has 15 heavy (non-hydrogen) atoms. The lowest BCUT2D eigenvalue weighted by Gasteiger charge is -2.49. The molecule has 2 heteroatoms. The van der Waals surface area contributed by atoms with Gasteiger partial charge in [-0.3, -0.25) is 0 Å². The lowest BCUT2D eigenvalue weighted by atomic mass is 9.58. The average Bonchev–Trinajstić information content (AvgIpc) is 2.30. The van der Waals surface area contributed by atoms with Gasteiger partial charge in [0.2, 0.25) is 0 Å². The first-order valence-electron chi connectivity index (χ1n) is 6.56. The summed E-state index contributed by atoms with van der Waals surface area (Å²) in [6.07, 6.45) is 8.22. The largest absolute Gasteiger partial charge is 0.381 e. The van der Waals surface area contributed by atoms with E-state index in [9.17, 15) is 0 Å². The van der Waals surface area contributed by atoms with Gasteiger partial charge in [0.05, 0.1) is 0 Å². The molecule has 0 aromatic rings. The molecule has 0 aromatic carbocycles. The Hall–Kier alpha value is -0.0800. The first-order chi connectivity index (χ1) is 7.28. The van der Waals surface area contributed by atoms with E-state index in [1.165, 1.54) is 38.5 Å². The van der Waals surface area contributed by atoms with Crippen molar-refractivity contribution in [1.82, 2.24) is 0 Å². The third-order valence-corrected chi connectivity index (χ3v) is 4.77. The Balaban J connectivity index is 2.10. The molecule has 2 atom stereocenters. The molecule has 2 aliphatic rings. The van der Waals surface area contributed by atoms with Crippen molar-refractivity contribution in [3.8, 4) is 0 Å². The van der Waals surface area contributed by atoms with Crippen LogP contribution in [0.2, 0.25) is 0 Å². The van der Waals surface area contributed by atoms with Crippen molar-refractivity contribution < 1.29 is 4.74 Å². The summed E-state index contributed by atoms with van der Waals surface area (Å²) < 4.78 is 5.53. The SMILES string of the molecule is CC(CN)C1CCCCC12CCOCC2. The molecule has 2 unspecified atom stereocenters. The monoisotopic (exact) mass is 211 g/mol. The molecule has 1 saturated carbocycles. The molecule has 88 valence electrons. The zero-order valence-corrected chi connectivity index (χ0v) is 10.0. The summed E-state index contributed by atoms with van der Waals surface area (Å²) in [6, 6.07) is 0. The van der Waals surface area contributed by atoms with Gasteiger partial charge in [0, 0.05) is 13.2 Å². The molecule has 0 bridgehead atoms. The van der Waals surface area contributed by atoms with Crippen LogP contribution in [0.3, 0.4) is 0 Å². The maximum atomic E-state index is 5.86.